The molecule has 0 radical (unpaired) electrons. The standard InChI is InChI=1S/C13H24N4O2S/c1-13(2,20(4,18)19)11-16-12(14-3)15-7-10-17-8-5-6-9-17/h5-6,8-9H,7,10-11H2,1-4H3,(H2,14,15,16). The lowest BCUT2D eigenvalue weighted by Gasteiger charge is -2.24. The maximum absolute atomic E-state index is 11.6. The fourth-order valence-corrected chi connectivity index (χ4v) is 1.81. The molecule has 0 unspecified atom stereocenters. The van der Waals surface area contributed by atoms with Crippen molar-refractivity contribution in [2.75, 3.05) is 26.4 Å². The van der Waals surface area contributed by atoms with E-state index in [2.05, 4.69) is 20.2 Å². The van der Waals surface area contributed by atoms with E-state index in [1.165, 1.54) is 6.26 Å². The molecule has 0 fully saturated rings. The molecule has 1 rings (SSSR count). The van der Waals surface area contributed by atoms with Crippen LogP contribution in [0.15, 0.2) is 29.5 Å². The van der Waals surface area contributed by atoms with Crippen LogP contribution >= 0.6 is 0 Å². The number of aromatic nitrogens is 1. The van der Waals surface area contributed by atoms with Crippen molar-refractivity contribution in [3.63, 3.8) is 0 Å². The van der Waals surface area contributed by atoms with E-state index in [1.54, 1.807) is 20.9 Å². The van der Waals surface area contributed by atoms with Crippen LogP contribution in [0.3, 0.4) is 0 Å². The first-order chi connectivity index (χ1) is 9.26. The molecule has 0 spiro atoms. The van der Waals surface area contributed by atoms with Crippen LogP contribution in [0.2, 0.25) is 0 Å². The second-order valence-electron chi connectivity index (χ2n) is 5.31. The van der Waals surface area contributed by atoms with Crippen LogP contribution in [0.4, 0.5) is 0 Å². The lowest BCUT2D eigenvalue weighted by molar-refractivity contribution is 0.543. The maximum Gasteiger partial charge on any atom is 0.191 e. The number of guanidine groups is 1. The molecule has 6 nitrogen and oxygen atoms in total. The average Bonchev–Trinajstić information content (AvgIpc) is 2.85. The molecule has 1 aromatic rings. The minimum absolute atomic E-state index is 0.315. The molecule has 20 heavy (non-hydrogen) atoms. The zero-order chi connectivity index (χ0) is 15.2. The molecule has 2 N–H and O–H groups in total. The SMILES string of the molecule is CN=C(NCCn1cccc1)NCC(C)(C)S(C)(=O)=O. The number of nitrogens with one attached hydrogen (secondary N) is 2. The Morgan fingerprint density at radius 3 is 2.35 bits per heavy atom. The average molecular weight is 300 g/mol. The molecular formula is C13H24N4O2S. The number of hydrogen-bond donors (Lipinski definition) is 2. The van der Waals surface area contributed by atoms with Gasteiger partial charge < -0.3 is 15.2 Å². The van der Waals surface area contributed by atoms with Crippen molar-refractivity contribution in [3.8, 4) is 0 Å². The Labute approximate surface area is 121 Å². The van der Waals surface area contributed by atoms with Gasteiger partial charge in [0.25, 0.3) is 0 Å². The maximum atomic E-state index is 11.6. The van der Waals surface area contributed by atoms with Crippen molar-refractivity contribution >= 4 is 15.8 Å². The Morgan fingerprint density at radius 1 is 1.25 bits per heavy atom. The second-order valence-corrected chi connectivity index (χ2v) is 7.95. The van der Waals surface area contributed by atoms with Gasteiger partial charge in [0, 0.05) is 45.3 Å². The van der Waals surface area contributed by atoms with E-state index in [4.69, 9.17) is 0 Å². The number of sulfone groups is 1. The van der Waals surface area contributed by atoms with Gasteiger partial charge in [-0.1, -0.05) is 0 Å². The number of hydrogen-bond acceptors (Lipinski definition) is 3. The zero-order valence-corrected chi connectivity index (χ0v) is 13.4. The predicted octanol–water partition coefficient (Wildman–Crippen LogP) is 0.476. The highest BCUT2D eigenvalue weighted by molar-refractivity contribution is 7.92. The quantitative estimate of drug-likeness (QED) is 0.592. The molecule has 1 aromatic heterocycles. The largest absolute Gasteiger partial charge is 0.355 e. The van der Waals surface area contributed by atoms with Crippen LogP contribution in [-0.4, -0.2) is 50.1 Å². The number of aliphatic imine (C=N–C) groups is 1. The van der Waals surface area contributed by atoms with Gasteiger partial charge in [-0.2, -0.15) is 0 Å². The van der Waals surface area contributed by atoms with Crippen LogP contribution in [0.5, 0.6) is 0 Å². The van der Waals surface area contributed by atoms with Crippen molar-refractivity contribution in [2.24, 2.45) is 4.99 Å². The van der Waals surface area contributed by atoms with Gasteiger partial charge in [0.05, 0.1) is 4.75 Å². The third kappa shape index (κ3) is 4.88. The Hall–Kier alpha value is -1.50. The highest BCUT2D eigenvalue weighted by Crippen LogP contribution is 2.13. The van der Waals surface area contributed by atoms with E-state index in [0.29, 0.717) is 19.0 Å². The number of rotatable bonds is 6. The van der Waals surface area contributed by atoms with Crippen LogP contribution in [0, 0.1) is 0 Å². The van der Waals surface area contributed by atoms with Gasteiger partial charge >= 0.3 is 0 Å². The normalized spacial score (nSPS) is 13.3. The third-order valence-corrected chi connectivity index (χ3v) is 5.39. The summed E-state index contributed by atoms with van der Waals surface area (Å²) >= 11 is 0. The molecule has 0 amide bonds. The monoisotopic (exact) mass is 300 g/mol. The van der Waals surface area contributed by atoms with Gasteiger partial charge in [-0.05, 0) is 26.0 Å². The summed E-state index contributed by atoms with van der Waals surface area (Å²) in [7, 11) is -1.45. The van der Waals surface area contributed by atoms with Crippen molar-refractivity contribution in [2.45, 2.75) is 25.1 Å². The first-order valence-corrected chi connectivity index (χ1v) is 8.40. The molecule has 114 valence electrons. The molecule has 0 atom stereocenters. The van der Waals surface area contributed by atoms with E-state index in [9.17, 15) is 8.42 Å². The zero-order valence-electron chi connectivity index (χ0n) is 12.5. The second kappa shape index (κ2) is 6.78. The summed E-state index contributed by atoms with van der Waals surface area (Å²) in [5.41, 5.74) is 0. The lowest BCUT2D eigenvalue weighted by atomic mass is 10.2. The topological polar surface area (TPSA) is 75.5 Å². The van der Waals surface area contributed by atoms with Gasteiger partial charge in [0.1, 0.15) is 0 Å². The smallest absolute Gasteiger partial charge is 0.191 e. The summed E-state index contributed by atoms with van der Waals surface area (Å²) in [6, 6.07) is 3.95. The molecule has 0 aliphatic rings. The lowest BCUT2D eigenvalue weighted by Crippen LogP contribution is -2.48. The minimum atomic E-state index is -3.11. The first kappa shape index (κ1) is 16.6. The highest BCUT2D eigenvalue weighted by atomic mass is 32.2. The molecule has 0 saturated heterocycles. The summed E-state index contributed by atoms with van der Waals surface area (Å²) in [4.78, 5) is 4.08. The summed E-state index contributed by atoms with van der Waals surface area (Å²) in [6.07, 6.45) is 5.23. The molecule has 0 aliphatic heterocycles. The van der Waals surface area contributed by atoms with Crippen molar-refractivity contribution < 1.29 is 8.42 Å². The molecule has 0 saturated carbocycles. The molecule has 7 heteroatoms. The minimum Gasteiger partial charge on any atom is -0.355 e. The van der Waals surface area contributed by atoms with E-state index < -0.39 is 14.6 Å². The van der Waals surface area contributed by atoms with Gasteiger partial charge in [-0.15, -0.1) is 0 Å². The summed E-state index contributed by atoms with van der Waals surface area (Å²) < 4.78 is 24.5. The summed E-state index contributed by atoms with van der Waals surface area (Å²) in [5.74, 6) is 0.605. The molecule has 0 aliphatic carbocycles. The van der Waals surface area contributed by atoms with Gasteiger partial charge in [0.2, 0.25) is 0 Å². The summed E-state index contributed by atoms with van der Waals surface area (Å²) in [6.45, 7) is 5.25. The number of nitrogens with zero attached hydrogens (tertiary/aromatic N) is 2. The highest BCUT2D eigenvalue weighted by Gasteiger charge is 2.30. The molecule has 0 bridgehead atoms. The molecular weight excluding hydrogens is 276 g/mol. The van der Waals surface area contributed by atoms with Crippen molar-refractivity contribution in [1.82, 2.24) is 15.2 Å². The van der Waals surface area contributed by atoms with Crippen LogP contribution in [0.25, 0.3) is 0 Å². The fraction of sp³-hybridized carbons (Fsp3) is 0.615. The molecule has 0 aromatic carbocycles. The van der Waals surface area contributed by atoms with Gasteiger partial charge in [-0.3, -0.25) is 4.99 Å². The third-order valence-electron chi connectivity index (χ3n) is 3.24. The van der Waals surface area contributed by atoms with Crippen LogP contribution in [0.1, 0.15) is 13.8 Å². The van der Waals surface area contributed by atoms with Gasteiger partial charge in [-0.25, -0.2) is 8.42 Å². The Balaban J connectivity index is 2.41. The Bertz CT molecular complexity index is 533. The Kier molecular flexibility index (Phi) is 5.62. The van der Waals surface area contributed by atoms with Crippen LogP contribution < -0.4 is 10.6 Å². The van der Waals surface area contributed by atoms with E-state index >= 15 is 0 Å². The van der Waals surface area contributed by atoms with Crippen molar-refractivity contribution in [3.05, 3.63) is 24.5 Å². The predicted molar refractivity (Wildman–Crippen MR) is 82.7 cm³/mol. The van der Waals surface area contributed by atoms with E-state index in [-0.39, 0.29) is 0 Å². The first-order valence-electron chi connectivity index (χ1n) is 6.51. The summed E-state index contributed by atoms with van der Waals surface area (Å²) in [5, 5.41) is 6.20. The van der Waals surface area contributed by atoms with E-state index in [1.807, 2.05) is 24.5 Å². The van der Waals surface area contributed by atoms with Crippen LogP contribution in [-0.2, 0) is 16.4 Å². The molecule has 1 heterocycles. The fourth-order valence-electron chi connectivity index (χ4n) is 1.47. The Morgan fingerprint density at radius 2 is 1.85 bits per heavy atom. The van der Waals surface area contributed by atoms with E-state index in [0.717, 1.165) is 6.54 Å². The van der Waals surface area contributed by atoms with Gasteiger partial charge in [0.15, 0.2) is 15.8 Å². The van der Waals surface area contributed by atoms with Crippen molar-refractivity contribution in [1.29, 1.82) is 0 Å².